The van der Waals surface area contributed by atoms with Crippen molar-refractivity contribution in [1.29, 1.82) is 0 Å². The molecule has 281 valence electrons. The molecule has 0 fully saturated rings. The maximum absolute atomic E-state index is 11.7. The summed E-state index contributed by atoms with van der Waals surface area (Å²) in [5.41, 5.74) is 7.25. The smallest absolute Gasteiger partial charge is 0.162 e. The van der Waals surface area contributed by atoms with Crippen LogP contribution in [0.15, 0.2) is 71.1 Å². The minimum absolute atomic E-state index is 0. The summed E-state index contributed by atoms with van der Waals surface area (Å²) in [7, 11) is 0. The molecule has 0 saturated heterocycles. The number of carbonyl (C=O) groups excluding carboxylic acids is 1. The molecule has 0 spiro atoms. The topological polar surface area (TPSA) is 76.2 Å². The van der Waals surface area contributed by atoms with Gasteiger partial charge in [0, 0.05) is 73.3 Å². The fraction of sp³-hybridized carbons (Fsp3) is 0.400. The van der Waals surface area contributed by atoms with Crippen molar-refractivity contribution in [2.75, 3.05) is 0 Å². The van der Waals surface area contributed by atoms with Crippen LogP contribution in [0.1, 0.15) is 99.1 Å². The van der Waals surface area contributed by atoms with Gasteiger partial charge in [0.1, 0.15) is 11.9 Å². The molecule has 0 unspecified atom stereocenters. The SMILES string of the molecule is CC(C)Cc1cccc2c1sc1c(-c3[c-]c4oc5c6ccccc6sc5c4c(C(C)(C)C)c3)ncnc12.CCC(CC)C(=O)/C=C(\O)C(CC)CC.[Ir]. The summed E-state index contributed by atoms with van der Waals surface area (Å²) in [4.78, 5) is 21.3. The van der Waals surface area contributed by atoms with E-state index < -0.39 is 0 Å². The number of nitrogens with zero attached hydrogens (tertiary/aromatic N) is 2. The van der Waals surface area contributed by atoms with Crippen molar-refractivity contribution in [3.05, 3.63) is 83.9 Å². The summed E-state index contributed by atoms with van der Waals surface area (Å²) in [5.74, 6) is 1.14. The van der Waals surface area contributed by atoms with Crippen molar-refractivity contribution in [1.82, 2.24) is 9.97 Å². The molecule has 7 aromatic rings. The first kappa shape index (κ1) is 40.8. The number of hydrogen-bond acceptors (Lipinski definition) is 7. The molecular weight excluding hydrogens is 873 g/mol. The van der Waals surface area contributed by atoms with Crippen LogP contribution in [0.3, 0.4) is 0 Å². The van der Waals surface area contributed by atoms with E-state index in [1.165, 1.54) is 47.5 Å². The Morgan fingerprint density at radius 1 is 0.887 bits per heavy atom. The van der Waals surface area contributed by atoms with E-state index in [-0.39, 0.29) is 48.9 Å². The molecule has 0 aliphatic carbocycles. The predicted molar refractivity (Wildman–Crippen MR) is 223 cm³/mol. The van der Waals surface area contributed by atoms with Crippen molar-refractivity contribution in [3.8, 4) is 11.3 Å². The molecule has 7 rings (SSSR count). The number of furan rings is 1. The number of hydrogen-bond donors (Lipinski definition) is 1. The minimum Gasteiger partial charge on any atom is -0.512 e. The molecule has 4 aromatic heterocycles. The summed E-state index contributed by atoms with van der Waals surface area (Å²) < 4.78 is 11.4. The fourth-order valence-corrected chi connectivity index (χ4v) is 9.66. The van der Waals surface area contributed by atoms with Gasteiger partial charge in [0.15, 0.2) is 5.78 Å². The zero-order valence-electron chi connectivity index (χ0n) is 32.3. The quantitative estimate of drug-likeness (QED) is 0.0840. The Kier molecular flexibility index (Phi) is 13.0. The minimum atomic E-state index is -0.0776. The van der Waals surface area contributed by atoms with Gasteiger partial charge in [-0.15, -0.1) is 39.9 Å². The Morgan fingerprint density at radius 3 is 2.23 bits per heavy atom. The van der Waals surface area contributed by atoms with Crippen molar-refractivity contribution in [3.63, 3.8) is 0 Å². The summed E-state index contributed by atoms with van der Waals surface area (Å²) >= 11 is 3.61. The van der Waals surface area contributed by atoms with E-state index >= 15 is 0 Å². The molecule has 1 N–H and O–H groups in total. The van der Waals surface area contributed by atoms with Gasteiger partial charge < -0.3 is 9.52 Å². The maximum Gasteiger partial charge on any atom is 0.162 e. The Bertz CT molecular complexity index is 2400. The molecule has 3 aromatic carbocycles. The van der Waals surface area contributed by atoms with Crippen LogP contribution in [-0.4, -0.2) is 20.9 Å². The average molecular weight is 924 g/mol. The van der Waals surface area contributed by atoms with Gasteiger partial charge in [-0.3, -0.25) is 9.78 Å². The molecule has 0 bridgehead atoms. The molecule has 1 radical (unpaired) electrons. The molecule has 0 aliphatic heterocycles. The monoisotopic (exact) mass is 924 g/mol. The van der Waals surface area contributed by atoms with E-state index in [1.54, 1.807) is 29.0 Å². The normalized spacial score (nSPS) is 12.5. The van der Waals surface area contributed by atoms with Crippen LogP contribution in [-0.2, 0) is 36.7 Å². The molecule has 53 heavy (non-hydrogen) atoms. The second kappa shape index (κ2) is 16.9. The third kappa shape index (κ3) is 8.17. The summed E-state index contributed by atoms with van der Waals surface area (Å²) in [6.07, 6.45) is 7.65. The molecule has 0 amide bonds. The van der Waals surface area contributed by atoms with Gasteiger partial charge >= 0.3 is 0 Å². The largest absolute Gasteiger partial charge is 0.512 e. The van der Waals surface area contributed by atoms with Gasteiger partial charge in [-0.1, -0.05) is 98.7 Å². The number of rotatable bonds is 10. The van der Waals surface area contributed by atoms with Gasteiger partial charge in [-0.05, 0) is 66.5 Å². The molecular formula is C45H51IrN2O3S2-. The van der Waals surface area contributed by atoms with Gasteiger partial charge in [0.05, 0.1) is 16.9 Å². The number of ketones is 1. The maximum atomic E-state index is 11.7. The third-order valence-electron chi connectivity index (χ3n) is 10.1. The standard InChI is InChI=1S/C32H27N2OS2.C13H24O2.Ir/c1-17(2)13-18-9-8-11-21-27-31(37-29(18)21)26(33-16-34-27)19-14-22(32(3,4)5)25-23(15-19)35-28-20-10-6-7-12-24(20)36-30(25)28;1-5-10(6-2)12(14)9-13(15)11(7-3)8-4;/h6-12,14,16-17H,13H2,1-5H3;9-11,14H,5-8H2,1-4H3;/q-1;;/b;12-9-;. The van der Waals surface area contributed by atoms with Crippen LogP contribution >= 0.6 is 22.7 Å². The zero-order valence-corrected chi connectivity index (χ0v) is 36.4. The average Bonchev–Trinajstić information content (AvgIpc) is 3.79. The summed E-state index contributed by atoms with van der Waals surface area (Å²) in [5, 5.41) is 13.3. The van der Waals surface area contributed by atoms with E-state index in [0.717, 1.165) is 64.7 Å². The van der Waals surface area contributed by atoms with Crippen LogP contribution in [0.2, 0.25) is 0 Å². The zero-order chi connectivity index (χ0) is 37.3. The molecule has 4 heterocycles. The second-order valence-electron chi connectivity index (χ2n) is 15.3. The van der Waals surface area contributed by atoms with Crippen molar-refractivity contribution < 1.29 is 34.4 Å². The number of aliphatic hydroxyl groups excluding tert-OH is 1. The van der Waals surface area contributed by atoms with Gasteiger partial charge in [0.25, 0.3) is 0 Å². The van der Waals surface area contributed by atoms with Crippen LogP contribution < -0.4 is 0 Å². The number of carbonyl (C=O) groups is 1. The number of fused-ring (bicyclic) bond motifs is 8. The molecule has 0 aliphatic rings. The number of thiophene rings is 2. The first-order valence-electron chi connectivity index (χ1n) is 18.8. The van der Waals surface area contributed by atoms with E-state index in [9.17, 15) is 9.90 Å². The van der Waals surface area contributed by atoms with Crippen molar-refractivity contribution in [2.24, 2.45) is 17.8 Å². The number of benzene rings is 3. The van der Waals surface area contributed by atoms with Gasteiger partial charge in [0.2, 0.25) is 0 Å². The fourth-order valence-electron chi connectivity index (χ4n) is 7.20. The second-order valence-corrected chi connectivity index (χ2v) is 17.4. The number of allylic oxidation sites excluding steroid dienone is 2. The predicted octanol–water partition coefficient (Wildman–Crippen LogP) is 13.8. The molecule has 5 nitrogen and oxygen atoms in total. The van der Waals surface area contributed by atoms with Crippen LogP contribution in [0.5, 0.6) is 0 Å². The summed E-state index contributed by atoms with van der Waals surface area (Å²) in [6.45, 7) is 19.4. The Morgan fingerprint density at radius 2 is 1.57 bits per heavy atom. The van der Waals surface area contributed by atoms with E-state index in [1.807, 2.05) is 27.7 Å². The van der Waals surface area contributed by atoms with Crippen LogP contribution in [0.4, 0.5) is 0 Å². The Balaban J connectivity index is 0.000000290. The number of aromatic nitrogens is 2. The first-order chi connectivity index (χ1) is 24.9. The van der Waals surface area contributed by atoms with Crippen molar-refractivity contribution >= 4 is 80.1 Å². The summed E-state index contributed by atoms with van der Waals surface area (Å²) in [6, 6.07) is 21.0. The van der Waals surface area contributed by atoms with E-state index in [0.29, 0.717) is 5.92 Å². The third-order valence-corrected chi connectivity index (χ3v) is 12.6. The van der Waals surface area contributed by atoms with E-state index in [4.69, 9.17) is 14.4 Å². The molecule has 0 atom stereocenters. The van der Waals surface area contributed by atoms with Crippen molar-refractivity contribution in [2.45, 2.75) is 99.8 Å². The number of aliphatic hydroxyl groups is 1. The first-order valence-corrected chi connectivity index (χ1v) is 20.4. The molecule has 0 saturated carbocycles. The van der Waals surface area contributed by atoms with Gasteiger partial charge in [-0.25, -0.2) is 4.98 Å². The molecule has 8 heteroatoms. The van der Waals surface area contributed by atoms with Crippen LogP contribution in [0, 0.1) is 23.8 Å². The van der Waals surface area contributed by atoms with Gasteiger partial charge in [-0.2, -0.15) is 0 Å². The Hall–Kier alpha value is -3.42. The Labute approximate surface area is 335 Å². The van der Waals surface area contributed by atoms with Crippen LogP contribution in [0.25, 0.3) is 62.9 Å². The van der Waals surface area contributed by atoms with E-state index in [2.05, 4.69) is 89.2 Å².